The number of methoxy groups -OCH3 is 3. The molecule has 4 rings (SSSR count). The van der Waals surface area contributed by atoms with Crippen LogP contribution in [-0.4, -0.2) is 30.9 Å². The highest BCUT2D eigenvalue weighted by atomic mass is 35.5. The third-order valence-corrected chi connectivity index (χ3v) is 5.54. The summed E-state index contributed by atoms with van der Waals surface area (Å²) in [5.74, 6) is 2.69. The van der Waals surface area contributed by atoms with Crippen LogP contribution in [0.1, 0.15) is 30.7 Å². The minimum Gasteiger partial charge on any atom is -0.493 e. The molecule has 7 nitrogen and oxygen atoms in total. The average Bonchev–Trinajstić information content (AvgIpc) is 3.02. The van der Waals surface area contributed by atoms with E-state index in [1.54, 1.807) is 21.3 Å². The van der Waals surface area contributed by atoms with E-state index in [-0.39, 0.29) is 18.0 Å². The molecule has 1 aliphatic rings. The zero-order valence-electron chi connectivity index (χ0n) is 18.1. The van der Waals surface area contributed by atoms with Gasteiger partial charge < -0.3 is 19.5 Å². The largest absolute Gasteiger partial charge is 0.493 e. The van der Waals surface area contributed by atoms with Crippen molar-refractivity contribution in [2.24, 2.45) is 0 Å². The maximum atomic E-state index is 13.0. The number of anilines is 1. The van der Waals surface area contributed by atoms with Gasteiger partial charge in [-0.3, -0.25) is 9.36 Å². The van der Waals surface area contributed by atoms with Gasteiger partial charge in [-0.15, -0.1) is 12.4 Å². The first-order valence-electron chi connectivity index (χ1n) is 10.2. The Kier molecular flexibility index (Phi) is 7.28. The fourth-order valence-corrected chi connectivity index (χ4v) is 3.97. The highest BCUT2D eigenvalue weighted by molar-refractivity contribution is 5.85. The number of aryl methyl sites for hydroxylation is 1. The number of hydrogen-bond acceptors (Lipinski definition) is 6. The monoisotopic (exact) mass is 445 g/mol. The number of ether oxygens (including phenoxy) is 3. The van der Waals surface area contributed by atoms with Crippen molar-refractivity contribution in [3.63, 3.8) is 0 Å². The third-order valence-electron chi connectivity index (χ3n) is 5.54. The molecule has 2 heterocycles. The molecule has 1 aromatic heterocycles. The summed E-state index contributed by atoms with van der Waals surface area (Å²) in [6.45, 7) is 1.29. The molecular formula is C23H28ClN3O4. The van der Waals surface area contributed by atoms with Crippen LogP contribution >= 0.6 is 12.4 Å². The van der Waals surface area contributed by atoms with Crippen LogP contribution in [0, 0.1) is 0 Å². The van der Waals surface area contributed by atoms with Crippen LogP contribution < -0.4 is 25.1 Å². The molecule has 0 saturated heterocycles. The van der Waals surface area contributed by atoms with Gasteiger partial charge in [-0.2, -0.15) is 0 Å². The minimum absolute atomic E-state index is 0. The summed E-state index contributed by atoms with van der Waals surface area (Å²) >= 11 is 0. The molecule has 1 N–H and O–H groups in total. The van der Waals surface area contributed by atoms with Crippen molar-refractivity contribution in [3.8, 4) is 17.2 Å². The molecule has 1 aliphatic heterocycles. The number of hydrogen-bond donors (Lipinski definition) is 1. The van der Waals surface area contributed by atoms with E-state index >= 15 is 0 Å². The number of benzene rings is 2. The van der Waals surface area contributed by atoms with Crippen LogP contribution in [0.25, 0.3) is 10.9 Å². The first kappa shape index (κ1) is 22.7. The molecule has 3 aromatic rings. The molecule has 0 aliphatic carbocycles. The quantitative estimate of drug-likeness (QED) is 0.613. The Morgan fingerprint density at radius 1 is 1.00 bits per heavy atom. The van der Waals surface area contributed by atoms with Gasteiger partial charge >= 0.3 is 0 Å². The predicted octanol–water partition coefficient (Wildman–Crippen LogP) is 4.18. The second-order valence-corrected chi connectivity index (χ2v) is 7.41. The number of aromatic nitrogens is 2. The lowest BCUT2D eigenvalue weighted by Gasteiger charge is -2.15. The second kappa shape index (κ2) is 9.92. The van der Waals surface area contributed by atoms with Crippen molar-refractivity contribution in [3.05, 3.63) is 52.1 Å². The molecule has 0 saturated carbocycles. The van der Waals surface area contributed by atoms with Crippen molar-refractivity contribution >= 4 is 29.0 Å². The van der Waals surface area contributed by atoms with Gasteiger partial charge in [0.1, 0.15) is 5.82 Å². The van der Waals surface area contributed by atoms with E-state index in [2.05, 4.69) is 5.32 Å². The number of rotatable bonds is 6. The van der Waals surface area contributed by atoms with Crippen molar-refractivity contribution in [2.45, 2.75) is 38.8 Å². The highest BCUT2D eigenvalue weighted by Crippen LogP contribution is 2.38. The minimum atomic E-state index is 0. The van der Waals surface area contributed by atoms with Gasteiger partial charge in [-0.1, -0.05) is 6.42 Å². The zero-order chi connectivity index (χ0) is 21.1. The second-order valence-electron chi connectivity index (χ2n) is 7.41. The Hall–Kier alpha value is -2.93. The van der Waals surface area contributed by atoms with Gasteiger partial charge in [0.15, 0.2) is 11.5 Å². The summed E-state index contributed by atoms with van der Waals surface area (Å²) in [5, 5.41) is 4.03. The normalized spacial score (nSPS) is 13.0. The van der Waals surface area contributed by atoms with Crippen molar-refractivity contribution in [1.82, 2.24) is 9.55 Å². The van der Waals surface area contributed by atoms with Crippen molar-refractivity contribution < 1.29 is 14.2 Å². The Labute approximate surface area is 187 Å². The lowest BCUT2D eigenvalue weighted by atomic mass is 10.1. The molecular weight excluding hydrogens is 418 g/mol. The SMILES string of the molecule is COc1cc(CNc2ccc3nc4n(c(=O)c3c2)CCCCC4)cc(OC)c1OC.Cl. The maximum Gasteiger partial charge on any atom is 0.261 e. The van der Waals surface area contributed by atoms with E-state index < -0.39 is 0 Å². The van der Waals surface area contributed by atoms with Crippen LogP contribution in [0.4, 0.5) is 5.69 Å². The van der Waals surface area contributed by atoms with Crippen LogP contribution in [0.5, 0.6) is 17.2 Å². The molecule has 0 radical (unpaired) electrons. The first-order chi connectivity index (χ1) is 14.6. The average molecular weight is 446 g/mol. The van der Waals surface area contributed by atoms with E-state index in [1.165, 1.54) is 0 Å². The van der Waals surface area contributed by atoms with Crippen LogP contribution in [0.3, 0.4) is 0 Å². The van der Waals surface area contributed by atoms with Crippen LogP contribution in [-0.2, 0) is 19.5 Å². The number of nitrogens with one attached hydrogen (secondary N) is 1. The molecule has 0 bridgehead atoms. The smallest absolute Gasteiger partial charge is 0.261 e. The molecule has 166 valence electrons. The van der Waals surface area contributed by atoms with Crippen LogP contribution in [0.2, 0.25) is 0 Å². The van der Waals surface area contributed by atoms with Gasteiger partial charge in [0.25, 0.3) is 5.56 Å². The first-order valence-corrected chi connectivity index (χ1v) is 10.2. The topological polar surface area (TPSA) is 74.6 Å². The van der Waals surface area contributed by atoms with Gasteiger partial charge in [0, 0.05) is 25.2 Å². The third kappa shape index (κ3) is 4.56. The number of halogens is 1. The number of fused-ring (bicyclic) bond motifs is 2. The summed E-state index contributed by atoms with van der Waals surface area (Å²) in [4.78, 5) is 17.8. The van der Waals surface area contributed by atoms with E-state index in [4.69, 9.17) is 19.2 Å². The molecule has 0 spiro atoms. The molecule has 8 heteroatoms. The van der Waals surface area contributed by atoms with Gasteiger partial charge in [0.2, 0.25) is 5.75 Å². The fraction of sp³-hybridized carbons (Fsp3) is 0.391. The maximum absolute atomic E-state index is 13.0. The lowest BCUT2D eigenvalue weighted by Crippen LogP contribution is -2.24. The highest BCUT2D eigenvalue weighted by Gasteiger charge is 2.15. The summed E-state index contributed by atoms with van der Waals surface area (Å²) < 4.78 is 18.1. The fourth-order valence-electron chi connectivity index (χ4n) is 3.97. The Bertz CT molecular complexity index is 1100. The van der Waals surface area contributed by atoms with Crippen LogP contribution in [0.15, 0.2) is 35.1 Å². The van der Waals surface area contributed by atoms with E-state index in [9.17, 15) is 4.79 Å². The Morgan fingerprint density at radius 3 is 2.42 bits per heavy atom. The Morgan fingerprint density at radius 2 is 1.74 bits per heavy atom. The molecule has 0 unspecified atom stereocenters. The van der Waals surface area contributed by atoms with Crippen molar-refractivity contribution in [1.29, 1.82) is 0 Å². The van der Waals surface area contributed by atoms with Crippen molar-refractivity contribution in [2.75, 3.05) is 26.6 Å². The van der Waals surface area contributed by atoms with Gasteiger partial charge in [-0.25, -0.2) is 4.98 Å². The molecule has 31 heavy (non-hydrogen) atoms. The molecule has 0 atom stereocenters. The van der Waals surface area contributed by atoms with E-state index in [0.717, 1.165) is 54.8 Å². The summed E-state index contributed by atoms with van der Waals surface area (Å²) in [6.07, 6.45) is 4.12. The zero-order valence-corrected chi connectivity index (χ0v) is 18.9. The standard InChI is InChI=1S/C23H27N3O4.ClH/c1-28-19-11-15(12-20(29-2)22(19)30-3)14-24-16-8-9-18-17(13-16)23(27)26-10-6-4-5-7-21(26)25-18;/h8-9,11-13,24H,4-7,10,14H2,1-3H3;1H. The summed E-state index contributed by atoms with van der Waals surface area (Å²) in [7, 11) is 4.78. The van der Waals surface area contributed by atoms with Gasteiger partial charge in [0.05, 0.1) is 32.2 Å². The summed E-state index contributed by atoms with van der Waals surface area (Å²) in [5.41, 5.74) is 2.64. The number of nitrogens with zero attached hydrogens (tertiary/aromatic N) is 2. The van der Waals surface area contributed by atoms with E-state index in [0.29, 0.717) is 29.2 Å². The lowest BCUT2D eigenvalue weighted by molar-refractivity contribution is 0.324. The van der Waals surface area contributed by atoms with E-state index in [1.807, 2.05) is 34.9 Å². The van der Waals surface area contributed by atoms with Gasteiger partial charge in [-0.05, 0) is 48.7 Å². The predicted molar refractivity (Wildman–Crippen MR) is 124 cm³/mol. The summed E-state index contributed by atoms with van der Waals surface area (Å²) in [6, 6.07) is 9.58. The Balaban J connectivity index is 0.00000272. The molecule has 2 aromatic carbocycles. The molecule has 0 amide bonds. The molecule has 0 fully saturated rings.